The third-order valence-corrected chi connectivity index (χ3v) is 8.23. The maximum Gasteiger partial charge on any atom is 0.414 e. The van der Waals surface area contributed by atoms with Gasteiger partial charge in [0.15, 0.2) is 0 Å². The molecule has 1 amide bonds. The minimum absolute atomic E-state index is 0.102. The molecule has 2 fully saturated rings. The summed E-state index contributed by atoms with van der Waals surface area (Å²) in [6.07, 6.45) is 4.78. The van der Waals surface area contributed by atoms with Crippen LogP contribution in [0.4, 0.5) is 10.5 Å². The van der Waals surface area contributed by atoms with Gasteiger partial charge in [0.2, 0.25) is 0 Å². The zero-order chi connectivity index (χ0) is 25.0. The molecular formula is C29H36N4O3. The molecule has 1 N–H and O–H groups in total. The van der Waals surface area contributed by atoms with Crippen LogP contribution >= 0.6 is 0 Å². The highest BCUT2D eigenvalue weighted by Gasteiger charge is 2.50. The third-order valence-electron chi connectivity index (χ3n) is 8.23. The molecule has 1 atom stereocenters. The van der Waals surface area contributed by atoms with E-state index in [0.29, 0.717) is 11.5 Å². The fourth-order valence-electron chi connectivity index (χ4n) is 6.43. The summed E-state index contributed by atoms with van der Waals surface area (Å²) >= 11 is 0. The van der Waals surface area contributed by atoms with Crippen molar-refractivity contribution in [1.82, 2.24) is 14.9 Å². The molecule has 1 saturated heterocycles. The molecule has 1 aliphatic carbocycles. The Bertz CT molecular complexity index is 1300. The minimum Gasteiger partial charge on any atom is -0.491 e. The van der Waals surface area contributed by atoms with E-state index in [9.17, 15) is 4.79 Å². The molecule has 7 heteroatoms. The molecule has 6 rings (SSSR count). The van der Waals surface area contributed by atoms with Gasteiger partial charge in [-0.15, -0.1) is 0 Å². The monoisotopic (exact) mass is 488 g/mol. The molecule has 1 aromatic heterocycles. The normalized spacial score (nSPS) is 20.8. The van der Waals surface area contributed by atoms with E-state index in [1.165, 1.54) is 31.0 Å². The van der Waals surface area contributed by atoms with Crippen molar-refractivity contribution in [2.75, 3.05) is 25.1 Å². The summed E-state index contributed by atoms with van der Waals surface area (Å²) in [5, 5.41) is 3.46. The Kier molecular flexibility index (Phi) is 5.71. The maximum absolute atomic E-state index is 12.6. The van der Waals surface area contributed by atoms with Crippen LogP contribution < -0.4 is 15.0 Å². The second kappa shape index (κ2) is 8.80. The lowest BCUT2D eigenvalue weighted by molar-refractivity contribution is 0.00822. The Hall–Kier alpha value is -3.06. The van der Waals surface area contributed by atoms with E-state index >= 15 is 0 Å². The summed E-state index contributed by atoms with van der Waals surface area (Å²) in [4.78, 5) is 19.7. The van der Waals surface area contributed by atoms with E-state index in [2.05, 4.69) is 61.0 Å². The highest BCUT2D eigenvalue weighted by molar-refractivity contribution is 5.95. The topological polar surface area (TPSA) is 68.6 Å². The van der Waals surface area contributed by atoms with Crippen LogP contribution in [-0.2, 0) is 17.6 Å². The van der Waals surface area contributed by atoms with Crippen LogP contribution in [0.3, 0.4) is 0 Å². The SMILES string of the molecule is COC(=O)N1c2ccc3c(nc(Cc4cccc(OC(C)C)c4)n3C3CC4(CNC4)C3)c2CC[C@@H]1C. The molecule has 3 heterocycles. The van der Waals surface area contributed by atoms with Gasteiger partial charge in [0.1, 0.15) is 11.6 Å². The van der Waals surface area contributed by atoms with Crippen molar-refractivity contribution in [3.8, 4) is 5.75 Å². The number of ether oxygens (including phenoxy) is 2. The lowest BCUT2D eigenvalue weighted by Crippen LogP contribution is -2.60. The van der Waals surface area contributed by atoms with Gasteiger partial charge in [-0.05, 0) is 81.7 Å². The summed E-state index contributed by atoms with van der Waals surface area (Å²) < 4.78 is 13.6. The standard InChI is InChI=1S/C29H36N4O3/c1-18(2)36-22-7-5-6-20(12-22)13-26-31-27-23-9-8-19(3)32(28(34)35-4)24(23)10-11-25(27)33(26)21-14-29(15-21)16-30-17-29/h5-7,10-12,18-19,21,30H,8-9,13-17H2,1-4H3/t19-/m0/s1. The predicted octanol–water partition coefficient (Wildman–Crippen LogP) is 5.25. The zero-order valence-corrected chi connectivity index (χ0v) is 21.7. The summed E-state index contributed by atoms with van der Waals surface area (Å²) in [5.74, 6) is 1.99. The molecule has 0 bridgehead atoms. The van der Waals surface area contributed by atoms with E-state index in [0.717, 1.165) is 60.7 Å². The van der Waals surface area contributed by atoms with Crippen LogP contribution in [-0.4, -0.2) is 48.0 Å². The van der Waals surface area contributed by atoms with Gasteiger partial charge in [0.05, 0.1) is 29.9 Å². The number of anilines is 1. The van der Waals surface area contributed by atoms with E-state index < -0.39 is 0 Å². The van der Waals surface area contributed by atoms with Crippen molar-refractivity contribution in [1.29, 1.82) is 0 Å². The average molecular weight is 489 g/mol. The number of aryl methyl sites for hydroxylation is 1. The van der Waals surface area contributed by atoms with Crippen LogP contribution in [0.15, 0.2) is 36.4 Å². The van der Waals surface area contributed by atoms with Crippen LogP contribution in [0.2, 0.25) is 0 Å². The number of benzene rings is 2. The first-order chi connectivity index (χ1) is 17.4. The van der Waals surface area contributed by atoms with Gasteiger partial charge in [-0.1, -0.05) is 12.1 Å². The number of nitrogens with one attached hydrogen (secondary N) is 1. The van der Waals surface area contributed by atoms with E-state index in [-0.39, 0.29) is 18.2 Å². The predicted molar refractivity (Wildman–Crippen MR) is 141 cm³/mol. The van der Waals surface area contributed by atoms with Crippen molar-refractivity contribution < 1.29 is 14.3 Å². The van der Waals surface area contributed by atoms with Gasteiger partial charge >= 0.3 is 6.09 Å². The van der Waals surface area contributed by atoms with Gasteiger partial charge in [-0.2, -0.15) is 0 Å². The molecular weight excluding hydrogens is 452 g/mol. The number of imidazole rings is 1. The fourth-order valence-corrected chi connectivity index (χ4v) is 6.43. The van der Waals surface area contributed by atoms with Crippen molar-refractivity contribution in [3.05, 3.63) is 53.3 Å². The number of methoxy groups -OCH3 is 1. The summed E-state index contributed by atoms with van der Waals surface area (Å²) in [5.41, 5.74) is 5.98. The first kappa shape index (κ1) is 23.3. The number of rotatable bonds is 5. The molecule has 2 aromatic carbocycles. The average Bonchev–Trinajstić information content (AvgIpc) is 3.14. The van der Waals surface area contributed by atoms with Crippen molar-refractivity contribution in [2.45, 2.75) is 71.1 Å². The Morgan fingerprint density at radius 2 is 2.03 bits per heavy atom. The fraction of sp³-hybridized carbons (Fsp3) is 0.517. The first-order valence-electron chi connectivity index (χ1n) is 13.2. The van der Waals surface area contributed by atoms with Crippen LogP contribution in [0, 0.1) is 5.41 Å². The molecule has 190 valence electrons. The van der Waals surface area contributed by atoms with Gasteiger partial charge in [0.25, 0.3) is 0 Å². The van der Waals surface area contributed by atoms with Crippen LogP contribution in [0.1, 0.15) is 63.0 Å². The second-order valence-corrected chi connectivity index (χ2v) is 11.2. The minimum atomic E-state index is -0.303. The lowest BCUT2D eigenvalue weighted by Gasteiger charge is -2.55. The number of carbonyl (C=O) groups excluding carboxylic acids is 1. The highest BCUT2D eigenvalue weighted by atomic mass is 16.5. The number of aromatic nitrogens is 2. The molecule has 0 radical (unpaired) electrons. The van der Waals surface area contributed by atoms with Crippen LogP contribution in [0.25, 0.3) is 11.0 Å². The smallest absolute Gasteiger partial charge is 0.414 e. The second-order valence-electron chi connectivity index (χ2n) is 11.2. The molecule has 1 saturated carbocycles. The number of amides is 1. The highest BCUT2D eigenvalue weighted by Crippen LogP contribution is 2.52. The molecule has 7 nitrogen and oxygen atoms in total. The summed E-state index contributed by atoms with van der Waals surface area (Å²) in [7, 11) is 1.45. The summed E-state index contributed by atoms with van der Waals surface area (Å²) in [6.45, 7) is 8.44. The Morgan fingerprint density at radius 3 is 2.72 bits per heavy atom. The molecule has 36 heavy (non-hydrogen) atoms. The summed E-state index contributed by atoms with van der Waals surface area (Å²) in [6, 6.07) is 13.2. The molecule has 3 aliphatic rings. The third kappa shape index (κ3) is 3.84. The molecule has 2 aliphatic heterocycles. The maximum atomic E-state index is 12.6. The Morgan fingerprint density at radius 1 is 1.22 bits per heavy atom. The number of hydrogen-bond donors (Lipinski definition) is 1. The first-order valence-corrected chi connectivity index (χ1v) is 13.2. The number of carbonyl (C=O) groups is 1. The Labute approximate surface area is 212 Å². The molecule has 0 unspecified atom stereocenters. The van der Waals surface area contributed by atoms with Gasteiger partial charge in [-0.25, -0.2) is 9.78 Å². The number of hydrogen-bond acceptors (Lipinski definition) is 5. The largest absolute Gasteiger partial charge is 0.491 e. The van der Waals surface area contributed by atoms with Crippen molar-refractivity contribution in [2.24, 2.45) is 5.41 Å². The van der Waals surface area contributed by atoms with Gasteiger partial charge in [-0.3, -0.25) is 4.90 Å². The van der Waals surface area contributed by atoms with Gasteiger partial charge in [0, 0.05) is 37.2 Å². The van der Waals surface area contributed by atoms with Crippen molar-refractivity contribution in [3.63, 3.8) is 0 Å². The lowest BCUT2D eigenvalue weighted by atomic mass is 9.61. The number of nitrogens with zero attached hydrogens (tertiary/aromatic N) is 3. The van der Waals surface area contributed by atoms with E-state index in [1.54, 1.807) is 4.90 Å². The Balaban J connectivity index is 1.43. The zero-order valence-electron chi connectivity index (χ0n) is 21.7. The van der Waals surface area contributed by atoms with E-state index in [1.807, 2.05) is 6.07 Å². The quantitative estimate of drug-likeness (QED) is 0.532. The van der Waals surface area contributed by atoms with Gasteiger partial charge < -0.3 is 19.4 Å². The van der Waals surface area contributed by atoms with Crippen LogP contribution in [0.5, 0.6) is 5.75 Å². The number of fused-ring (bicyclic) bond motifs is 3. The van der Waals surface area contributed by atoms with E-state index in [4.69, 9.17) is 14.5 Å². The van der Waals surface area contributed by atoms with Crippen molar-refractivity contribution >= 4 is 22.8 Å². The molecule has 3 aromatic rings. The molecule has 1 spiro atoms.